The number of benzene rings is 1. The fourth-order valence-corrected chi connectivity index (χ4v) is 1.17. The third kappa shape index (κ3) is 2.60. The Labute approximate surface area is 86.6 Å². The summed E-state index contributed by atoms with van der Waals surface area (Å²) in [7, 11) is -6.00. The van der Waals surface area contributed by atoms with E-state index in [1.165, 1.54) is 0 Å². The van der Waals surface area contributed by atoms with Crippen molar-refractivity contribution >= 4 is 10.1 Å². The zero-order chi connectivity index (χ0) is 12.6. The fraction of sp³-hybridized carbons (Fsp3) is 0.143. The molecule has 0 aliphatic heterocycles. The number of hydrogen-bond acceptors (Lipinski definition) is 3. The lowest BCUT2D eigenvalue weighted by Crippen LogP contribution is -2.28. The molecular formula is C7H3F5O3S. The first-order chi connectivity index (χ1) is 7.13. The maximum Gasteiger partial charge on any atom is 0.534 e. The van der Waals surface area contributed by atoms with Gasteiger partial charge in [0.15, 0.2) is 11.6 Å². The Hall–Kier alpha value is -1.38. The van der Waals surface area contributed by atoms with E-state index in [-0.39, 0.29) is 6.07 Å². The van der Waals surface area contributed by atoms with Gasteiger partial charge in [0.2, 0.25) is 0 Å². The Balaban J connectivity index is 3.11. The van der Waals surface area contributed by atoms with E-state index in [1.807, 2.05) is 0 Å². The Morgan fingerprint density at radius 3 is 2.19 bits per heavy atom. The third-order valence-electron chi connectivity index (χ3n) is 1.38. The minimum Gasteiger partial charge on any atom is -0.373 e. The van der Waals surface area contributed by atoms with Gasteiger partial charge in [0.05, 0.1) is 0 Å². The van der Waals surface area contributed by atoms with Crippen molar-refractivity contribution in [3.05, 3.63) is 29.8 Å². The van der Waals surface area contributed by atoms with E-state index in [0.717, 1.165) is 0 Å². The van der Waals surface area contributed by atoms with E-state index in [0.29, 0.717) is 12.1 Å². The molecule has 0 heterocycles. The van der Waals surface area contributed by atoms with Crippen molar-refractivity contribution in [3.63, 3.8) is 0 Å². The zero-order valence-corrected chi connectivity index (χ0v) is 8.07. The smallest absolute Gasteiger partial charge is 0.373 e. The predicted molar refractivity (Wildman–Crippen MR) is 42.0 cm³/mol. The highest BCUT2D eigenvalue weighted by atomic mass is 32.2. The number of halogens is 5. The predicted octanol–water partition coefficient (Wildman–Crippen LogP) is 2.19. The van der Waals surface area contributed by atoms with Crippen LogP contribution in [0.1, 0.15) is 0 Å². The molecule has 0 saturated heterocycles. The summed E-state index contributed by atoms with van der Waals surface area (Å²) in [5.41, 5.74) is -5.70. The van der Waals surface area contributed by atoms with Crippen LogP contribution in [-0.4, -0.2) is 13.9 Å². The van der Waals surface area contributed by atoms with E-state index >= 15 is 0 Å². The molecule has 0 aromatic heterocycles. The number of alkyl halides is 3. The fourth-order valence-electron chi connectivity index (χ4n) is 0.706. The van der Waals surface area contributed by atoms with Gasteiger partial charge in [-0.15, -0.1) is 0 Å². The van der Waals surface area contributed by atoms with Gasteiger partial charge in [-0.05, 0) is 12.1 Å². The van der Waals surface area contributed by atoms with E-state index in [1.54, 1.807) is 0 Å². The average molecular weight is 262 g/mol. The molecule has 16 heavy (non-hydrogen) atoms. The molecule has 3 nitrogen and oxygen atoms in total. The van der Waals surface area contributed by atoms with Crippen molar-refractivity contribution in [3.8, 4) is 5.75 Å². The van der Waals surface area contributed by atoms with Gasteiger partial charge in [-0.25, -0.2) is 8.78 Å². The normalized spacial score (nSPS) is 12.6. The first-order valence-corrected chi connectivity index (χ1v) is 5.00. The van der Waals surface area contributed by atoms with Crippen molar-refractivity contribution in [2.45, 2.75) is 5.51 Å². The summed E-state index contributed by atoms with van der Waals surface area (Å²) in [5, 5.41) is 0. The average Bonchev–Trinajstić information content (AvgIpc) is 2.09. The molecule has 0 spiro atoms. The molecule has 0 saturated carbocycles. The van der Waals surface area contributed by atoms with Crippen LogP contribution in [0.25, 0.3) is 0 Å². The largest absolute Gasteiger partial charge is 0.534 e. The van der Waals surface area contributed by atoms with E-state index in [4.69, 9.17) is 0 Å². The molecule has 1 rings (SSSR count). The summed E-state index contributed by atoms with van der Waals surface area (Å²) >= 11 is 0. The summed E-state index contributed by atoms with van der Waals surface area (Å²) in [6.45, 7) is 0. The zero-order valence-electron chi connectivity index (χ0n) is 7.25. The van der Waals surface area contributed by atoms with Crippen LogP contribution < -0.4 is 4.18 Å². The second-order valence-electron chi connectivity index (χ2n) is 2.56. The lowest BCUT2D eigenvalue weighted by molar-refractivity contribution is -0.0501. The standard InChI is InChI=1S/C7H3F5O3S/c8-4-1-2-5(9)6(3-4)15-16(13,14)7(10,11)12/h1-3H. The van der Waals surface area contributed by atoms with Gasteiger partial charge >= 0.3 is 15.6 Å². The molecule has 0 N–H and O–H groups in total. The maximum absolute atomic E-state index is 12.8. The highest BCUT2D eigenvalue weighted by Crippen LogP contribution is 2.28. The monoisotopic (exact) mass is 262 g/mol. The highest BCUT2D eigenvalue weighted by molar-refractivity contribution is 7.87. The van der Waals surface area contributed by atoms with Crippen molar-refractivity contribution in [1.29, 1.82) is 0 Å². The van der Waals surface area contributed by atoms with E-state index in [2.05, 4.69) is 4.18 Å². The van der Waals surface area contributed by atoms with Gasteiger partial charge in [0.1, 0.15) is 5.82 Å². The summed E-state index contributed by atoms with van der Waals surface area (Å²) in [4.78, 5) is 0. The Kier molecular flexibility index (Phi) is 3.08. The first kappa shape index (κ1) is 12.7. The van der Waals surface area contributed by atoms with Crippen LogP contribution in [0.3, 0.4) is 0 Å². The Morgan fingerprint density at radius 1 is 1.12 bits per heavy atom. The van der Waals surface area contributed by atoms with Crippen LogP contribution in [0, 0.1) is 11.6 Å². The van der Waals surface area contributed by atoms with Crippen LogP contribution in [-0.2, 0) is 10.1 Å². The second kappa shape index (κ2) is 3.89. The van der Waals surface area contributed by atoms with Gasteiger partial charge < -0.3 is 4.18 Å². The van der Waals surface area contributed by atoms with Crippen LogP contribution in [0.2, 0.25) is 0 Å². The molecule has 90 valence electrons. The van der Waals surface area contributed by atoms with Gasteiger partial charge in [-0.1, -0.05) is 0 Å². The van der Waals surface area contributed by atoms with Gasteiger partial charge in [-0.2, -0.15) is 21.6 Å². The molecule has 0 amide bonds. The summed E-state index contributed by atoms with van der Waals surface area (Å²) in [6, 6.07) is 1.23. The van der Waals surface area contributed by atoms with Gasteiger partial charge in [0.25, 0.3) is 0 Å². The van der Waals surface area contributed by atoms with Gasteiger partial charge in [-0.3, -0.25) is 0 Å². The second-order valence-corrected chi connectivity index (χ2v) is 4.10. The summed E-state index contributed by atoms with van der Waals surface area (Å²) in [5.74, 6) is -3.90. The van der Waals surface area contributed by atoms with Crippen LogP contribution in [0.4, 0.5) is 22.0 Å². The summed E-state index contributed by atoms with van der Waals surface area (Å²) < 4.78 is 85.0. The molecule has 0 atom stereocenters. The molecule has 0 bridgehead atoms. The van der Waals surface area contributed by atoms with Crippen LogP contribution in [0.5, 0.6) is 5.75 Å². The maximum atomic E-state index is 12.8. The lowest BCUT2D eigenvalue weighted by atomic mass is 10.3. The molecule has 0 aliphatic rings. The van der Waals surface area contributed by atoms with Crippen molar-refractivity contribution in [2.24, 2.45) is 0 Å². The molecule has 0 radical (unpaired) electrons. The van der Waals surface area contributed by atoms with Crippen molar-refractivity contribution < 1.29 is 34.6 Å². The molecule has 0 unspecified atom stereocenters. The number of rotatable bonds is 2. The quantitative estimate of drug-likeness (QED) is 0.466. The molecule has 0 fully saturated rings. The molecule has 9 heteroatoms. The van der Waals surface area contributed by atoms with Crippen LogP contribution >= 0.6 is 0 Å². The molecule has 1 aromatic rings. The van der Waals surface area contributed by atoms with Gasteiger partial charge in [0, 0.05) is 6.07 Å². The highest BCUT2D eigenvalue weighted by Gasteiger charge is 2.48. The molecule has 1 aromatic carbocycles. The minimum absolute atomic E-state index is 0.193. The Bertz CT molecular complexity index is 493. The first-order valence-electron chi connectivity index (χ1n) is 3.59. The third-order valence-corrected chi connectivity index (χ3v) is 2.34. The molecular weight excluding hydrogens is 259 g/mol. The van der Waals surface area contributed by atoms with Crippen LogP contribution in [0.15, 0.2) is 18.2 Å². The lowest BCUT2D eigenvalue weighted by Gasteiger charge is -2.09. The van der Waals surface area contributed by atoms with Crippen molar-refractivity contribution in [1.82, 2.24) is 0 Å². The topological polar surface area (TPSA) is 43.4 Å². The SMILES string of the molecule is O=S(=O)(Oc1cc(F)ccc1F)C(F)(F)F. The van der Waals surface area contributed by atoms with Crippen molar-refractivity contribution in [2.75, 3.05) is 0 Å². The Morgan fingerprint density at radius 2 is 1.69 bits per heavy atom. The van der Waals surface area contributed by atoms with E-state index in [9.17, 15) is 30.4 Å². The summed E-state index contributed by atoms with van der Waals surface area (Å²) in [6.07, 6.45) is 0. The number of hydrogen-bond donors (Lipinski definition) is 0. The van der Waals surface area contributed by atoms with E-state index < -0.39 is 33.0 Å². The molecule has 0 aliphatic carbocycles. The minimum atomic E-state index is -6.00.